The molecule has 21 heavy (non-hydrogen) atoms. The first-order valence-corrected chi connectivity index (χ1v) is 6.68. The van der Waals surface area contributed by atoms with Crippen LogP contribution in [0.15, 0.2) is 28.9 Å². The number of benzene rings is 1. The molecule has 9 heteroatoms. The van der Waals surface area contributed by atoms with Gasteiger partial charge in [0, 0.05) is 17.1 Å². The minimum atomic E-state index is -0.667. The van der Waals surface area contributed by atoms with Crippen LogP contribution >= 0.6 is 15.9 Å². The van der Waals surface area contributed by atoms with Crippen molar-refractivity contribution in [2.75, 3.05) is 11.9 Å². The Hall–Kier alpha value is -2.29. The van der Waals surface area contributed by atoms with Crippen LogP contribution in [0.4, 0.5) is 16.0 Å². The second-order valence-electron chi connectivity index (χ2n) is 3.88. The van der Waals surface area contributed by atoms with E-state index in [1.165, 1.54) is 12.1 Å². The molecule has 0 saturated carbocycles. The first-order chi connectivity index (χ1) is 9.99. The number of rotatable bonds is 5. The van der Waals surface area contributed by atoms with Gasteiger partial charge < -0.3 is 10.1 Å². The lowest BCUT2D eigenvalue weighted by Gasteiger charge is -2.07. The molecule has 0 atom stereocenters. The summed E-state index contributed by atoms with van der Waals surface area (Å²) in [4.78, 5) is 18.0. The SMILES string of the molecule is CCNc1ncc([N+](=O)[O-])c(Oc2cc(F)cc(Br)c2)n1. The molecule has 0 bridgehead atoms. The van der Waals surface area contributed by atoms with Gasteiger partial charge in [-0.05, 0) is 19.1 Å². The van der Waals surface area contributed by atoms with Crippen LogP contribution in [0.3, 0.4) is 0 Å². The van der Waals surface area contributed by atoms with Crippen molar-refractivity contribution in [1.82, 2.24) is 9.97 Å². The molecule has 0 saturated heterocycles. The number of nitrogens with zero attached hydrogens (tertiary/aromatic N) is 3. The van der Waals surface area contributed by atoms with Crippen LogP contribution < -0.4 is 10.1 Å². The standard InChI is InChI=1S/C12H10BrFN4O3/c1-2-15-12-16-6-10(18(19)20)11(17-12)21-9-4-7(13)3-8(14)5-9/h3-6H,2H2,1H3,(H,15,16,17). The van der Waals surface area contributed by atoms with Crippen molar-refractivity contribution in [3.05, 3.63) is 44.8 Å². The smallest absolute Gasteiger partial charge is 0.349 e. The van der Waals surface area contributed by atoms with Crippen molar-refractivity contribution >= 4 is 27.6 Å². The van der Waals surface area contributed by atoms with Gasteiger partial charge in [-0.3, -0.25) is 10.1 Å². The highest BCUT2D eigenvalue weighted by molar-refractivity contribution is 9.10. The van der Waals surface area contributed by atoms with E-state index in [-0.39, 0.29) is 17.6 Å². The zero-order valence-electron chi connectivity index (χ0n) is 10.8. The lowest BCUT2D eigenvalue weighted by molar-refractivity contribution is -0.386. The predicted molar refractivity (Wildman–Crippen MR) is 77.0 cm³/mol. The van der Waals surface area contributed by atoms with Crippen LogP contribution in [0.1, 0.15) is 6.92 Å². The highest BCUT2D eigenvalue weighted by Crippen LogP contribution is 2.31. The van der Waals surface area contributed by atoms with Gasteiger partial charge in [0.2, 0.25) is 5.95 Å². The molecule has 7 nitrogen and oxygen atoms in total. The zero-order valence-corrected chi connectivity index (χ0v) is 12.4. The second-order valence-corrected chi connectivity index (χ2v) is 4.79. The molecular weight excluding hydrogens is 347 g/mol. The number of aromatic nitrogens is 2. The van der Waals surface area contributed by atoms with E-state index in [2.05, 4.69) is 31.2 Å². The number of anilines is 1. The molecule has 0 fully saturated rings. The van der Waals surface area contributed by atoms with Gasteiger partial charge in [0.25, 0.3) is 0 Å². The number of ether oxygens (including phenoxy) is 1. The van der Waals surface area contributed by atoms with E-state index >= 15 is 0 Å². The third-order valence-corrected chi connectivity index (χ3v) is 2.78. The van der Waals surface area contributed by atoms with E-state index in [9.17, 15) is 14.5 Å². The highest BCUT2D eigenvalue weighted by atomic mass is 79.9. The maximum Gasteiger partial charge on any atom is 0.349 e. The molecule has 0 radical (unpaired) electrons. The Morgan fingerprint density at radius 3 is 2.86 bits per heavy atom. The van der Waals surface area contributed by atoms with Crippen LogP contribution in [0, 0.1) is 15.9 Å². The van der Waals surface area contributed by atoms with Crippen LogP contribution in [-0.4, -0.2) is 21.4 Å². The van der Waals surface area contributed by atoms with Crippen molar-refractivity contribution < 1.29 is 14.1 Å². The van der Waals surface area contributed by atoms with Crippen molar-refractivity contribution in [3.8, 4) is 11.6 Å². The Kier molecular flexibility index (Phi) is 4.63. The highest BCUT2D eigenvalue weighted by Gasteiger charge is 2.20. The normalized spacial score (nSPS) is 10.2. The Morgan fingerprint density at radius 2 is 2.24 bits per heavy atom. The lowest BCUT2D eigenvalue weighted by atomic mass is 10.3. The van der Waals surface area contributed by atoms with E-state index in [1.807, 2.05) is 6.92 Å². The van der Waals surface area contributed by atoms with Crippen molar-refractivity contribution in [1.29, 1.82) is 0 Å². The number of nitro groups is 1. The van der Waals surface area contributed by atoms with Crippen LogP contribution in [-0.2, 0) is 0 Å². The molecule has 1 aromatic heterocycles. The molecule has 0 unspecified atom stereocenters. The van der Waals surface area contributed by atoms with Crippen LogP contribution in [0.25, 0.3) is 0 Å². The van der Waals surface area contributed by atoms with Gasteiger partial charge in [-0.25, -0.2) is 9.37 Å². The average molecular weight is 357 g/mol. The third-order valence-electron chi connectivity index (χ3n) is 2.32. The van der Waals surface area contributed by atoms with Gasteiger partial charge in [0.1, 0.15) is 17.8 Å². The quantitative estimate of drug-likeness (QED) is 0.651. The first kappa shape index (κ1) is 15.1. The summed E-state index contributed by atoms with van der Waals surface area (Å²) >= 11 is 3.11. The van der Waals surface area contributed by atoms with Crippen LogP contribution in [0.5, 0.6) is 11.6 Å². The monoisotopic (exact) mass is 356 g/mol. The summed E-state index contributed by atoms with van der Waals surface area (Å²) < 4.78 is 19.1. The number of nitrogens with one attached hydrogen (secondary N) is 1. The van der Waals surface area contributed by atoms with Crippen molar-refractivity contribution in [2.45, 2.75) is 6.92 Å². The fraction of sp³-hybridized carbons (Fsp3) is 0.167. The molecule has 1 aromatic carbocycles. The fourth-order valence-electron chi connectivity index (χ4n) is 1.50. The fourth-order valence-corrected chi connectivity index (χ4v) is 1.95. The van der Waals surface area contributed by atoms with Gasteiger partial charge in [0.15, 0.2) is 0 Å². The van der Waals surface area contributed by atoms with E-state index in [0.29, 0.717) is 11.0 Å². The molecule has 0 aliphatic heterocycles. The van der Waals surface area contributed by atoms with Gasteiger partial charge in [0.05, 0.1) is 4.92 Å². The molecular formula is C12H10BrFN4O3. The molecule has 0 aliphatic carbocycles. The third kappa shape index (κ3) is 3.85. The Balaban J connectivity index is 2.40. The van der Waals surface area contributed by atoms with Gasteiger partial charge in [-0.1, -0.05) is 15.9 Å². The van der Waals surface area contributed by atoms with Crippen LogP contribution in [0.2, 0.25) is 0 Å². The summed E-state index contributed by atoms with van der Waals surface area (Å²) in [7, 11) is 0. The zero-order chi connectivity index (χ0) is 15.4. The summed E-state index contributed by atoms with van der Waals surface area (Å²) in [6, 6.07) is 3.82. The molecule has 0 aliphatic rings. The maximum absolute atomic E-state index is 13.3. The summed E-state index contributed by atoms with van der Waals surface area (Å²) in [6.45, 7) is 2.37. The predicted octanol–water partition coefficient (Wildman–Crippen LogP) is 3.51. The Labute approximate surface area is 127 Å². The maximum atomic E-state index is 13.3. The molecule has 1 N–H and O–H groups in total. The lowest BCUT2D eigenvalue weighted by Crippen LogP contribution is -2.05. The second kappa shape index (κ2) is 6.44. The molecule has 0 spiro atoms. The summed E-state index contributed by atoms with van der Waals surface area (Å²) in [5.74, 6) is -0.522. The van der Waals surface area contributed by atoms with E-state index in [1.54, 1.807) is 0 Å². The van der Waals surface area contributed by atoms with Gasteiger partial charge in [-0.2, -0.15) is 4.98 Å². The van der Waals surface area contributed by atoms with Crippen molar-refractivity contribution in [2.24, 2.45) is 0 Å². The minimum absolute atomic E-state index is 0.0890. The van der Waals surface area contributed by atoms with E-state index < -0.39 is 16.4 Å². The summed E-state index contributed by atoms with van der Waals surface area (Å²) in [5, 5.41) is 13.8. The molecule has 0 amide bonds. The largest absolute Gasteiger partial charge is 0.433 e. The van der Waals surface area contributed by atoms with E-state index in [4.69, 9.17) is 4.74 Å². The summed E-state index contributed by atoms with van der Waals surface area (Å²) in [6.07, 6.45) is 1.04. The molecule has 110 valence electrons. The average Bonchev–Trinajstić information content (AvgIpc) is 2.37. The summed E-state index contributed by atoms with van der Waals surface area (Å²) in [5.41, 5.74) is -0.406. The van der Waals surface area contributed by atoms with Gasteiger partial charge in [-0.15, -0.1) is 0 Å². The van der Waals surface area contributed by atoms with E-state index in [0.717, 1.165) is 12.3 Å². The molecule has 2 rings (SSSR count). The first-order valence-electron chi connectivity index (χ1n) is 5.89. The number of halogens is 2. The number of hydrogen-bond acceptors (Lipinski definition) is 6. The topological polar surface area (TPSA) is 90.2 Å². The minimum Gasteiger partial charge on any atom is -0.433 e. The van der Waals surface area contributed by atoms with Gasteiger partial charge >= 0.3 is 11.6 Å². The molecule has 2 aromatic rings. The number of hydrogen-bond donors (Lipinski definition) is 1. The Bertz CT molecular complexity index is 663. The molecule has 1 heterocycles. The van der Waals surface area contributed by atoms with Crippen molar-refractivity contribution in [3.63, 3.8) is 0 Å². The Morgan fingerprint density at radius 1 is 1.48 bits per heavy atom.